The quantitative estimate of drug-likeness (QED) is 0.0944. The number of hydrogen-bond donors (Lipinski definition) is 0. The largest absolute Gasteiger partial charge is 0.310 e. The van der Waals surface area contributed by atoms with Crippen LogP contribution < -0.4 is 9.80 Å². The topological polar surface area (TPSA) is 6.48 Å². The predicted molar refractivity (Wildman–Crippen MR) is 529 cm³/mol. The van der Waals surface area contributed by atoms with Crippen LogP contribution in [-0.2, 0) is 0 Å². The van der Waals surface area contributed by atoms with Crippen molar-refractivity contribution in [3.63, 3.8) is 0 Å². The van der Waals surface area contributed by atoms with Crippen molar-refractivity contribution >= 4 is 132 Å². The average molecular weight is 1580 g/mol. The molecule has 0 aliphatic heterocycles. The summed E-state index contributed by atoms with van der Waals surface area (Å²) >= 11 is 1.85. The number of para-hydroxylation sites is 2. The lowest BCUT2D eigenvalue weighted by molar-refractivity contribution is 1.29. The minimum absolute atomic E-state index is 1.08. The molecule has 0 bridgehead atoms. The van der Waals surface area contributed by atoms with Crippen molar-refractivity contribution in [1.29, 1.82) is 0 Å². The van der Waals surface area contributed by atoms with Crippen LogP contribution in [0.15, 0.2) is 485 Å². The van der Waals surface area contributed by atoms with E-state index in [1.807, 2.05) is 11.3 Å². The van der Waals surface area contributed by atoms with E-state index in [9.17, 15) is 0 Å². The molecule has 0 spiro atoms. The highest BCUT2D eigenvalue weighted by Crippen LogP contribution is 2.52. The van der Waals surface area contributed by atoms with E-state index < -0.39 is 0 Å². The molecule has 0 saturated carbocycles. The van der Waals surface area contributed by atoms with Crippen molar-refractivity contribution in [3.8, 4) is 98.8 Å². The molecule has 0 N–H and O–H groups in total. The van der Waals surface area contributed by atoms with Gasteiger partial charge in [0.1, 0.15) is 0 Å². The highest BCUT2D eigenvalue weighted by molar-refractivity contribution is 7.18. The summed E-state index contributed by atoms with van der Waals surface area (Å²) < 4.78 is 0. The van der Waals surface area contributed by atoms with Crippen molar-refractivity contribution in [1.82, 2.24) is 0 Å². The van der Waals surface area contributed by atoms with Gasteiger partial charge in [0.05, 0.1) is 0 Å². The molecule has 22 aromatic carbocycles. The summed E-state index contributed by atoms with van der Waals surface area (Å²) in [5.41, 5.74) is 26.0. The van der Waals surface area contributed by atoms with Gasteiger partial charge < -0.3 is 9.80 Å². The third-order valence-corrected chi connectivity index (χ3v) is 25.6. The van der Waals surface area contributed by atoms with Gasteiger partial charge in [0.15, 0.2) is 0 Å². The number of rotatable bonds is 15. The molecule has 1 heterocycles. The minimum atomic E-state index is 1.08. The fourth-order valence-electron chi connectivity index (χ4n) is 18.5. The van der Waals surface area contributed by atoms with Gasteiger partial charge in [-0.1, -0.05) is 364 Å². The van der Waals surface area contributed by atoms with Gasteiger partial charge in [0.25, 0.3) is 0 Å². The molecule has 1 aromatic heterocycles. The molecule has 2 nitrogen and oxygen atoms in total. The molecule has 0 aliphatic rings. The molecule has 23 aromatic rings. The highest BCUT2D eigenvalue weighted by atomic mass is 32.1. The van der Waals surface area contributed by atoms with Crippen molar-refractivity contribution in [2.45, 2.75) is 0 Å². The first-order valence-electron chi connectivity index (χ1n) is 42.2. The SMILES string of the molecule is c1ccc(-c2ccc(-c3cccc(-c4ccc5c(-c6ccc7ccccc7c6)c6ccccc6c(-c6ccc7ccccc7c6)c5c4)c3)s2)cc1.c1ccc(-c2ccc(N(c3ccccc3)c3ccc4c(-c5ccc6ccccc6c5)c5cc(N(c6ccccc6)c6ccc(-c7ccccc7)cc6)ccc5c(-c5ccc6ccccc6c5)c4c3)cc2)cc1. The van der Waals surface area contributed by atoms with E-state index in [0.29, 0.717) is 0 Å². The smallest absolute Gasteiger partial charge is 0.0468 e. The van der Waals surface area contributed by atoms with Crippen LogP contribution in [0.1, 0.15) is 0 Å². The fourth-order valence-corrected chi connectivity index (χ4v) is 19.5. The first-order valence-corrected chi connectivity index (χ1v) is 43.0. The third-order valence-electron chi connectivity index (χ3n) is 24.4. The zero-order chi connectivity index (χ0) is 81.5. The van der Waals surface area contributed by atoms with E-state index in [2.05, 4.69) is 495 Å². The van der Waals surface area contributed by atoms with Crippen LogP contribution in [0.3, 0.4) is 0 Å². The van der Waals surface area contributed by atoms with Crippen LogP contribution >= 0.6 is 11.3 Å². The third kappa shape index (κ3) is 14.2. The van der Waals surface area contributed by atoms with Crippen molar-refractivity contribution < 1.29 is 0 Å². The van der Waals surface area contributed by atoms with Gasteiger partial charge in [-0.2, -0.15) is 0 Å². The summed E-state index contributed by atoms with van der Waals surface area (Å²) in [7, 11) is 0. The van der Waals surface area contributed by atoms with Gasteiger partial charge in [-0.15, -0.1) is 11.3 Å². The standard InChI is InChI=1S/C70H48N2.C50H32S/c1-5-17-49(18-6-1)53-33-37-61(38-34-53)71(59-25-9-3-10-26-59)63-41-43-65-67(47-63)69(57-31-29-51-21-13-15-23-55(51)45-57)66-44-42-64(48-68(66)70(65)58-32-30-52-22-14-16-24-56(52)46-58)72(60-27-11-4-12-28-60)62-39-35-54(36-40-62)50-19-7-2-8-20-50;1-2-13-35(14-3-1)47-27-28-48(51-47)40-18-10-17-38(29-40)39-25-26-45-46(32-39)50(42-24-22-34-12-5-7-16-37(34)31-42)44-20-9-8-19-43(44)49(45)41-23-21-33-11-4-6-15-36(33)30-41/h1-48H;1-32H. The monoisotopic (exact) mass is 1580 g/mol. The van der Waals surface area contributed by atoms with E-state index in [-0.39, 0.29) is 0 Å². The lowest BCUT2D eigenvalue weighted by Gasteiger charge is -2.28. The zero-order valence-electron chi connectivity index (χ0n) is 67.5. The summed E-state index contributed by atoms with van der Waals surface area (Å²) in [6.07, 6.45) is 0. The van der Waals surface area contributed by atoms with Gasteiger partial charge in [-0.05, 0) is 297 Å². The Morgan fingerprint density at radius 1 is 0.122 bits per heavy atom. The second kappa shape index (κ2) is 32.2. The van der Waals surface area contributed by atoms with Crippen LogP contribution in [0.5, 0.6) is 0 Å². The molecule has 576 valence electrons. The Balaban J connectivity index is 0.000000155. The van der Waals surface area contributed by atoms with E-state index in [0.717, 1.165) is 34.1 Å². The molecule has 123 heavy (non-hydrogen) atoms. The first kappa shape index (κ1) is 73.6. The summed E-state index contributed by atoms with van der Waals surface area (Å²) in [5, 5.41) is 19.7. The Kier molecular flexibility index (Phi) is 19.2. The fraction of sp³-hybridized carbons (Fsp3) is 0. The van der Waals surface area contributed by atoms with Crippen LogP contribution in [0.25, 0.3) is 185 Å². The highest BCUT2D eigenvalue weighted by Gasteiger charge is 2.25. The maximum absolute atomic E-state index is 2.43. The minimum Gasteiger partial charge on any atom is -0.310 e. The predicted octanol–water partition coefficient (Wildman–Crippen LogP) is 34.6. The van der Waals surface area contributed by atoms with Gasteiger partial charge in [0.2, 0.25) is 0 Å². The molecule has 23 rings (SSSR count). The molecule has 0 aliphatic carbocycles. The van der Waals surface area contributed by atoms with Crippen molar-refractivity contribution in [3.05, 3.63) is 485 Å². The molecule has 0 radical (unpaired) electrons. The molecule has 0 fully saturated rings. The molecule has 0 unspecified atom stereocenters. The Bertz CT molecular complexity index is 7630. The number of thiophene rings is 1. The lowest BCUT2D eigenvalue weighted by Crippen LogP contribution is -2.10. The van der Waals surface area contributed by atoms with Gasteiger partial charge in [-0.3, -0.25) is 0 Å². The van der Waals surface area contributed by atoms with Crippen molar-refractivity contribution in [2.75, 3.05) is 9.80 Å². The van der Waals surface area contributed by atoms with Gasteiger partial charge in [-0.25, -0.2) is 0 Å². The molecule has 0 saturated heterocycles. The van der Waals surface area contributed by atoms with Crippen molar-refractivity contribution in [2.24, 2.45) is 0 Å². The number of fused-ring (bicyclic) bond motifs is 8. The number of hydrogen-bond acceptors (Lipinski definition) is 3. The maximum Gasteiger partial charge on any atom is 0.0468 e. The molecular weight excluding hydrogens is 1500 g/mol. The molecular formula is C120H80N2S. The van der Waals surface area contributed by atoms with Crippen LogP contribution in [-0.4, -0.2) is 0 Å². The van der Waals surface area contributed by atoms with Gasteiger partial charge in [0, 0.05) is 43.9 Å². The van der Waals surface area contributed by atoms with E-state index in [1.165, 1.54) is 185 Å². The normalized spacial score (nSPS) is 11.4. The molecule has 0 atom stereocenters. The second-order valence-electron chi connectivity index (χ2n) is 31.8. The summed E-state index contributed by atoms with van der Waals surface area (Å²) in [6, 6.07) is 178. The Morgan fingerprint density at radius 3 is 0.772 bits per heavy atom. The first-order chi connectivity index (χ1) is 61.0. The average Bonchev–Trinajstić information content (AvgIpc) is 1.08. The summed E-state index contributed by atoms with van der Waals surface area (Å²) in [6.45, 7) is 0. The zero-order valence-corrected chi connectivity index (χ0v) is 68.3. The van der Waals surface area contributed by atoms with E-state index >= 15 is 0 Å². The maximum atomic E-state index is 2.43. The van der Waals surface area contributed by atoms with Crippen LogP contribution in [0, 0.1) is 0 Å². The van der Waals surface area contributed by atoms with Crippen LogP contribution in [0.4, 0.5) is 34.1 Å². The number of benzene rings is 22. The summed E-state index contributed by atoms with van der Waals surface area (Å²) in [4.78, 5) is 7.34. The second-order valence-corrected chi connectivity index (χ2v) is 32.9. The molecule has 3 heteroatoms. The Hall–Kier alpha value is -15.8. The number of nitrogens with zero attached hydrogens (tertiary/aromatic N) is 2. The Morgan fingerprint density at radius 2 is 0.374 bits per heavy atom. The van der Waals surface area contributed by atoms with Gasteiger partial charge >= 0.3 is 0 Å². The number of anilines is 6. The van der Waals surface area contributed by atoms with E-state index in [4.69, 9.17) is 0 Å². The van der Waals surface area contributed by atoms with E-state index in [1.54, 1.807) is 0 Å². The molecule has 0 amide bonds. The lowest BCUT2D eigenvalue weighted by atomic mass is 9.84. The van der Waals surface area contributed by atoms with Crippen LogP contribution in [0.2, 0.25) is 0 Å². The summed E-state index contributed by atoms with van der Waals surface area (Å²) in [5.74, 6) is 0. The Labute approximate surface area is 720 Å².